The fourth-order valence-corrected chi connectivity index (χ4v) is 2.77. The van der Waals surface area contributed by atoms with Crippen LogP contribution in [0.15, 0.2) is 0 Å². The maximum Gasteiger partial charge on any atom is 1.00 e. The van der Waals surface area contributed by atoms with Gasteiger partial charge in [0.2, 0.25) is 0 Å². The topological polar surface area (TPSA) is 78.8 Å². The van der Waals surface area contributed by atoms with Gasteiger partial charge in [0.25, 0.3) is 7.82 Å². The Kier molecular flexibility index (Phi) is 12.5. The van der Waals surface area contributed by atoms with Crippen LogP contribution in [-0.2, 0) is 13.6 Å². The van der Waals surface area contributed by atoms with Crippen molar-refractivity contribution in [3.05, 3.63) is 0 Å². The Bertz CT molecular complexity index is 858. The van der Waals surface area contributed by atoms with Crippen LogP contribution >= 0.6 is 19.4 Å². The van der Waals surface area contributed by atoms with Crippen LogP contribution in [0.2, 0.25) is 0 Å². The number of phosphoric ester groups is 1. The minimum Gasteiger partial charge on any atom is -0.756 e. The molecule has 0 fully saturated rings. The molecule has 0 amide bonds. The van der Waals surface area contributed by atoms with Crippen LogP contribution in [0.25, 0.3) is 0 Å². The van der Waals surface area contributed by atoms with E-state index < -0.39 is 87.1 Å². The van der Waals surface area contributed by atoms with Crippen LogP contribution in [0.3, 0.4) is 0 Å². The Hall–Kier alpha value is 0.170. The minimum atomic E-state index is -8.86. The number of aliphatic hydroxyl groups is 1. The van der Waals surface area contributed by atoms with E-state index in [1.807, 2.05) is 0 Å². The summed E-state index contributed by atoms with van der Waals surface area (Å²) in [6.07, 6.45) is -14.4. The summed E-state index contributed by atoms with van der Waals surface area (Å²) < 4.78 is 244. The van der Waals surface area contributed by atoms with Crippen molar-refractivity contribution in [1.29, 1.82) is 0 Å². The summed E-state index contributed by atoms with van der Waals surface area (Å²) in [5.74, 6) is -59.4. The number of rotatable bonds is 14. The van der Waals surface area contributed by atoms with Gasteiger partial charge < -0.3 is 14.5 Å². The number of aliphatic hydroxyl groups excluding tert-OH is 1. The first-order valence-electron chi connectivity index (χ1n) is 8.42. The monoisotopic (exact) mass is 658 g/mol. The fraction of sp³-hybridized carbons (Fsp3) is 1.00. The number of halogens is 18. The van der Waals surface area contributed by atoms with Crippen molar-refractivity contribution in [1.82, 2.24) is 0 Å². The molecule has 0 aromatic rings. The summed E-state index contributed by atoms with van der Waals surface area (Å²) in [5, 5.41) is 8.82. The van der Waals surface area contributed by atoms with Crippen LogP contribution in [0.4, 0.5) is 74.6 Å². The van der Waals surface area contributed by atoms with E-state index in [1.165, 1.54) is 0 Å². The Balaban J connectivity index is 0. The van der Waals surface area contributed by atoms with E-state index >= 15 is 0 Å². The molecule has 0 aromatic carbocycles. The van der Waals surface area contributed by atoms with Crippen molar-refractivity contribution < 1.29 is 128 Å². The molecule has 0 aliphatic heterocycles. The van der Waals surface area contributed by atoms with Gasteiger partial charge in [-0.25, -0.2) is 8.91 Å². The summed E-state index contributed by atoms with van der Waals surface area (Å²) in [6, 6.07) is 0. The van der Waals surface area contributed by atoms with E-state index in [9.17, 15) is 84.1 Å². The SMILES string of the molecule is CC(F)C(F)(F)C(F)(F)C(F)(F)C(F)(F)C(F)(F)C(F)(F)C(F)(F)C(F)(F)OP(=O)([O-])OCC(O)CCl.[Na+]. The largest absolute Gasteiger partial charge is 1.00 e. The van der Waals surface area contributed by atoms with Crippen molar-refractivity contribution in [3.63, 3.8) is 0 Å². The molecular weight excluding hydrogens is 649 g/mol. The second-order valence-corrected chi connectivity index (χ2v) is 8.49. The molecule has 38 heavy (non-hydrogen) atoms. The molecule has 0 rings (SSSR count). The van der Waals surface area contributed by atoms with E-state index in [0.29, 0.717) is 0 Å². The van der Waals surface area contributed by atoms with Crippen LogP contribution < -0.4 is 34.5 Å². The molecule has 5 nitrogen and oxygen atoms in total. The summed E-state index contributed by atoms with van der Waals surface area (Å²) in [7, 11) is -7.11. The van der Waals surface area contributed by atoms with Crippen molar-refractivity contribution in [3.8, 4) is 0 Å². The van der Waals surface area contributed by atoms with Crippen molar-refractivity contribution >= 4 is 19.4 Å². The summed E-state index contributed by atoms with van der Waals surface area (Å²) in [4.78, 5) is 11.0. The van der Waals surface area contributed by atoms with Crippen LogP contribution in [0, 0.1) is 0 Å². The molecule has 25 heteroatoms. The molecule has 0 heterocycles. The van der Waals surface area contributed by atoms with E-state index in [-0.39, 0.29) is 29.6 Å². The van der Waals surface area contributed by atoms with Gasteiger partial charge in [-0.1, -0.05) is 0 Å². The third kappa shape index (κ3) is 6.47. The Morgan fingerprint density at radius 2 is 1.08 bits per heavy atom. The summed E-state index contributed by atoms with van der Waals surface area (Å²) in [6.45, 7) is -2.48. The molecule has 0 radical (unpaired) electrons. The molecule has 0 aromatic heterocycles. The molecular formula is C13H10ClF17NaO5P. The summed E-state index contributed by atoms with van der Waals surface area (Å²) in [5.41, 5.74) is 0. The van der Waals surface area contributed by atoms with E-state index in [1.54, 1.807) is 0 Å². The average molecular weight is 659 g/mol. The van der Waals surface area contributed by atoms with Gasteiger partial charge in [-0.05, 0) is 6.92 Å². The number of hydrogen-bond acceptors (Lipinski definition) is 5. The molecule has 224 valence electrons. The fourth-order valence-electron chi connectivity index (χ4n) is 1.88. The normalized spacial score (nSPS) is 18.4. The molecule has 0 spiro atoms. The van der Waals surface area contributed by atoms with Crippen molar-refractivity contribution in [2.45, 2.75) is 66.8 Å². The minimum absolute atomic E-state index is 0. The Morgan fingerprint density at radius 3 is 1.39 bits per heavy atom. The zero-order chi connectivity index (χ0) is 30.5. The average Bonchev–Trinajstić information content (AvgIpc) is 2.69. The van der Waals surface area contributed by atoms with Gasteiger partial charge in [-0.15, -0.1) is 11.6 Å². The third-order valence-corrected chi connectivity index (χ3v) is 5.36. The molecule has 0 aliphatic carbocycles. The number of alkyl halides is 18. The number of phosphoric acid groups is 1. The van der Waals surface area contributed by atoms with Gasteiger partial charge in [0, 0.05) is 0 Å². The standard InChI is InChI=1S/C13H11ClF17O5P.Na/c1-4(15)6(16,17)7(18,19)8(20,21)9(22,23)10(24,25)11(26,27)12(28,29)13(30,31)36-37(33,34)35-3-5(32)2-14;/h4-5,32H,2-3H2,1H3,(H,33,34);/q;+1/p-1. The van der Waals surface area contributed by atoms with Gasteiger partial charge >= 0.3 is 77.1 Å². The maximum atomic E-state index is 13.6. The first kappa shape index (κ1) is 40.3. The molecule has 0 bridgehead atoms. The second kappa shape index (κ2) is 11.8. The molecule has 3 unspecified atom stereocenters. The van der Waals surface area contributed by atoms with Crippen molar-refractivity contribution in [2.24, 2.45) is 0 Å². The zero-order valence-corrected chi connectivity index (χ0v) is 21.6. The van der Waals surface area contributed by atoms with Gasteiger partial charge in [-0.3, -0.25) is 4.57 Å². The first-order valence-corrected chi connectivity index (χ1v) is 10.4. The predicted octanol–water partition coefficient (Wildman–Crippen LogP) is 2.49. The first-order chi connectivity index (χ1) is 15.9. The van der Waals surface area contributed by atoms with Crippen molar-refractivity contribution in [2.75, 3.05) is 12.5 Å². The van der Waals surface area contributed by atoms with E-state index in [0.717, 1.165) is 0 Å². The maximum absolute atomic E-state index is 13.6. The molecule has 1 N–H and O–H groups in total. The van der Waals surface area contributed by atoms with Gasteiger partial charge in [0.1, 0.15) is 0 Å². The molecule has 0 saturated carbocycles. The quantitative estimate of drug-likeness (QED) is 0.134. The molecule has 0 saturated heterocycles. The molecule has 0 aliphatic rings. The van der Waals surface area contributed by atoms with E-state index in [2.05, 4.69) is 9.05 Å². The Labute approximate surface area is 226 Å². The number of hydrogen-bond donors (Lipinski definition) is 1. The summed E-state index contributed by atoms with van der Waals surface area (Å²) >= 11 is 4.89. The van der Waals surface area contributed by atoms with Crippen LogP contribution in [-0.4, -0.2) is 77.4 Å². The van der Waals surface area contributed by atoms with Gasteiger partial charge in [0.15, 0.2) is 6.17 Å². The van der Waals surface area contributed by atoms with E-state index in [4.69, 9.17) is 16.7 Å². The van der Waals surface area contributed by atoms with Gasteiger partial charge in [0.05, 0.1) is 18.6 Å². The Morgan fingerprint density at radius 1 is 0.763 bits per heavy atom. The van der Waals surface area contributed by atoms with Crippen LogP contribution in [0.1, 0.15) is 6.92 Å². The predicted molar refractivity (Wildman–Crippen MR) is 81.5 cm³/mol. The van der Waals surface area contributed by atoms with Crippen LogP contribution in [0.5, 0.6) is 0 Å². The van der Waals surface area contributed by atoms with Gasteiger partial charge in [-0.2, -0.15) is 70.2 Å². The molecule has 3 atom stereocenters. The smallest absolute Gasteiger partial charge is 0.756 e. The second-order valence-electron chi connectivity index (χ2n) is 6.84. The third-order valence-electron chi connectivity index (χ3n) is 4.09. The zero-order valence-electron chi connectivity index (χ0n) is 17.9.